The van der Waals surface area contributed by atoms with Crippen LogP contribution in [0.5, 0.6) is 11.6 Å². The van der Waals surface area contributed by atoms with Gasteiger partial charge in [-0.1, -0.05) is 13.0 Å². The minimum Gasteiger partial charge on any atom is -0.503 e. The van der Waals surface area contributed by atoms with Crippen LogP contribution in [0.1, 0.15) is 30.1 Å². The highest BCUT2D eigenvalue weighted by Gasteiger charge is 2.29. The molecule has 0 aliphatic heterocycles. The molecule has 0 saturated carbocycles. The van der Waals surface area contributed by atoms with Crippen LogP contribution in [-0.2, 0) is 0 Å². The summed E-state index contributed by atoms with van der Waals surface area (Å²) in [7, 11) is 0. The van der Waals surface area contributed by atoms with E-state index < -0.39 is 11.6 Å². The molecule has 2 aromatic carbocycles. The lowest BCUT2D eigenvalue weighted by Crippen LogP contribution is -2.03. The number of nitrogens with zero attached hydrogens (tertiary/aromatic N) is 4. The molecule has 3 aromatic heterocycles. The number of aromatic nitrogens is 5. The number of hydrogen-bond donors (Lipinski definition) is 3. The molecule has 0 atom stereocenters. The number of aromatic amines is 1. The first-order valence-electron chi connectivity index (χ1n) is 9.44. The first kappa shape index (κ1) is 17.9. The van der Waals surface area contributed by atoms with Gasteiger partial charge in [0.1, 0.15) is 11.0 Å². The summed E-state index contributed by atoms with van der Waals surface area (Å²) in [5.41, 5.74) is 4.14. The van der Waals surface area contributed by atoms with E-state index >= 15 is 0 Å². The van der Waals surface area contributed by atoms with Gasteiger partial charge in [-0.2, -0.15) is 0 Å². The second kappa shape index (κ2) is 6.73. The molecule has 9 nitrogen and oxygen atoms in total. The van der Waals surface area contributed by atoms with Gasteiger partial charge in [0.2, 0.25) is 5.88 Å². The number of ketones is 1. The zero-order valence-electron chi connectivity index (χ0n) is 16.0. The molecule has 0 fully saturated rings. The number of H-pyrrole nitrogens is 1. The van der Waals surface area contributed by atoms with E-state index in [9.17, 15) is 15.0 Å². The molecule has 0 spiro atoms. The standard InChI is InChI=1S/C21H17N5O4/c1-2-3-17(27)18-19(11-4-6-14-16(8-11)25-30-24-14)26(21(29)20(18)28)12-5-7-13-15(9-12)23-10-22-13/h4-10,28-29H,2-3H2,1H3,(H,22,23). The molecule has 30 heavy (non-hydrogen) atoms. The Morgan fingerprint density at radius 1 is 1.10 bits per heavy atom. The Balaban J connectivity index is 1.82. The SMILES string of the molecule is CCCC(=O)c1c(O)c(O)n(-c2ccc3nc[nH]c3c2)c1-c1ccc2nonc2c1. The Kier molecular flexibility index (Phi) is 4.02. The fraction of sp³-hybridized carbons (Fsp3) is 0.143. The summed E-state index contributed by atoms with van der Waals surface area (Å²) in [6, 6.07) is 10.5. The van der Waals surface area contributed by atoms with Crippen molar-refractivity contribution in [2.75, 3.05) is 0 Å². The highest BCUT2D eigenvalue weighted by molar-refractivity contribution is 6.06. The predicted molar refractivity (Wildman–Crippen MR) is 109 cm³/mol. The Morgan fingerprint density at radius 3 is 2.73 bits per heavy atom. The number of imidazole rings is 1. The van der Waals surface area contributed by atoms with Gasteiger partial charge in [-0.25, -0.2) is 9.61 Å². The fourth-order valence-corrected chi connectivity index (χ4v) is 3.68. The van der Waals surface area contributed by atoms with E-state index in [0.717, 1.165) is 11.0 Å². The molecule has 3 heterocycles. The molecule has 3 N–H and O–H groups in total. The van der Waals surface area contributed by atoms with Gasteiger partial charge in [0, 0.05) is 12.0 Å². The van der Waals surface area contributed by atoms with E-state index in [1.54, 1.807) is 42.7 Å². The highest BCUT2D eigenvalue weighted by atomic mass is 16.6. The lowest BCUT2D eigenvalue weighted by molar-refractivity contribution is 0.0979. The van der Waals surface area contributed by atoms with Crippen molar-refractivity contribution < 1.29 is 19.6 Å². The monoisotopic (exact) mass is 403 g/mol. The van der Waals surface area contributed by atoms with Crippen LogP contribution in [0.3, 0.4) is 0 Å². The summed E-state index contributed by atoms with van der Waals surface area (Å²) < 4.78 is 6.22. The summed E-state index contributed by atoms with van der Waals surface area (Å²) in [6.45, 7) is 1.88. The summed E-state index contributed by atoms with van der Waals surface area (Å²) in [5, 5.41) is 29.2. The van der Waals surface area contributed by atoms with E-state index in [2.05, 4.69) is 20.3 Å². The lowest BCUT2D eigenvalue weighted by atomic mass is 10.0. The summed E-state index contributed by atoms with van der Waals surface area (Å²) in [4.78, 5) is 20.1. The normalized spacial score (nSPS) is 11.5. The smallest absolute Gasteiger partial charge is 0.240 e. The van der Waals surface area contributed by atoms with Crippen LogP contribution >= 0.6 is 0 Å². The van der Waals surface area contributed by atoms with E-state index in [0.29, 0.717) is 34.4 Å². The molecule has 0 unspecified atom stereocenters. The predicted octanol–water partition coefficient (Wildman–Crippen LogP) is 3.95. The van der Waals surface area contributed by atoms with Crippen LogP contribution in [0.25, 0.3) is 39.0 Å². The van der Waals surface area contributed by atoms with Gasteiger partial charge >= 0.3 is 0 Å². The van der Waals surface area contributed by atoms with Gasteiger partial charge in [0.15, 0.2) is 11.5 Å². The van der Waals surface area contributed by atoms with Gasteiger partial charge in [-0.3, -0.25) is 9.36 Å². The maximum atomic E-state index is 12.9. The number of nitrogens with one attached hydrogen (secondary N) is 1. The van der Waals surface area contributed by atoms with Crippen LogP contribution in [-0.4, -0.2) is 40.8 Å². The minimum absolute atomic E-state index is 0.0647. The van der Waals surface area contributed by atoms with Crippen molar-refractivity contribution in [1.82, 2.24) is 24.8 Å². The molecule has 5 aromatic rings. The largest absolute Gasteiger partial charge is 0.503 e. The van der Waals surface area contributed by atoms with Gasteiger partial charge in [-0.15, -0.1) is 0 Å². The number of rotatable bonds is 5. The Morgan fingerprint density at radius 2 is 1.90 bits per heavy atom. The third-order valence-electron chi connectivity index (χ3n) is 5.07. The third kappa shape index (κ3) is 2.63. The van der Waals surface area contributed by atoms with Crippen molar-refractivity contribution in [3.63, 3.8) is 0 Å². The number of carbonyl (C=O) groups is 1. The average Bonchev–Trinajstić information content (AvgIpc) is 3.45. The van der Waals surface area contributed by atoms with E-state index in [-0.39, 0.29) is 17.8 Å². The van der Waals surface area contributed by atoms with Crippen molar-refractivity contribution >= 4 is 27.9 Å². The molecular weight excluding hydrogens is 386 g/mol. The van der Waals surface area contributed by atoms with E-state index in [1.165, 1.54) is 4.57 Å². The van der Waals surface area contributed by atoms with E-state index in [1.807, 2.05) is 6.92 Å². The second-order valence-corrected chi connectivity index (χ2v) is 6.98. The first-order valence-corrected chi connectivity index (χ1v) is 9.44. The molecule has 0 saturated heterocycles. The third-order valence-corrected chi connectivity index (χ3v) is 5.07. The maximum absolute atomic E-state index is 12.9. The fourth-order valence-electron chi connectivity index (χ4n) is 3.68. The average molecular weight is 403 g/mol. The molecule has 0 aliphatic carbocycles. The molecule has 9 heteroatoms. The van der Waals surface area contributed by atoms with Crippen LogP contribution in [0.4, 0.5) is 0 Å². The summed E-state index contributed by atoms with van der Waals surface area (Å²) >= 11 is 0. The molecule has 0 radical (unpaired) electrons. The van der Waals surface area contributed by atoms with Gasteiger partial charge in [0.05, 0.1) is 34.3 Å². The van der Waals surface area contributed by atoms with Gasteiger partial charge in [0.25, 0.3) is 0 Å². The van der Waals surface area contributed by atoms with Crippen LogP contribution in [0.2, 0.25) is 0 Å². The quantitative estimate of drug-likeness (QED) is 0.379. The zero-order chi connectivity index (χ0) is 20.8. The Labute approximate surface area is 169 Å². The molecular formula is C21H17N5O4. The molecule has 5 rings (SSSR count). The summed E-state index contributed by atoms with van der Waals surface area (Å²) in [6.07, 6.45) is 2.41. The molecule has 150 valence electrons. The van der Waals surface area contributed by atoms with E-state index in [4.69, 9.17) is 4.63 Å². The molecule has 0 aliphatic rings. The maximum Gasteiger partial charge on any atom is 0.240 e. The number of carbonyl (C=O) groups excluding carboxylic acids is 1. The van der Waals surface area contributed by atoms with Crippen molar-refractivity contribution in [3.8, 4) is 28.6 Å². The van der Waals surface area contributed by atoms with Crippen molar-refractivity contribution in [3.05, 3.63) is 48.3 Å². The lowest BCUT2D eigenvalue weighted by Gasteiger charge is -2.12. The van der Waals surface area contributed by atoms with Crippen molar-refractivity contribution in [2.45, 2.75) is 19.8 Å². The molecule has 0 amide bonds. The minimum atomic E-state index is -0.452. The number of aromatic hydroxyl groups is 2. The number of benzene rings is 2. The topological polar surface area (TPSA) is 130 Å². The number of Topliss-reactive ketones (excluding diaryl/α,β-unsaturated/α-hetero) is 1. The zero-order valence-corrected chi connectivity index (χ0v) is 16.0. The highest BCUT2D eigenvalue weighted by Crippen LogP contribution is 2.44. The molecule has 0 bridgehead atoms. The Bertz CT molecular complexity index is 1410. The van der Waals surface area contributed by atoms with Crippen LogP contribution in [0, 0.1) is 0 Å². The van der Waals surface area contributed by atoms with Crippen LogP contribution in [0.15, 0.2) is 47.4 Å². The van der Waals surface area contributed by atoms with Crippen LogP contribution < -0.4 is 0 Å². The number of fused-ring (bicyclic) bond motifs is 2. The Hall–Kier alpha value is -4.14. The van der Waals surface area contributed by atoms with Crippen molar-refractivity contribution in [2.24, 2.45) is 0 Å². The number of hydrogen-bond acceptors (Lipinski definition) is 7. The first-order chi connectivity index (χ1) is 14.6. The van der Waals surface area contributed by atoms with Gasteiger partial charge in [-0.05, 0) is 47.1 Å². The van der Waals surface area contributed by atoms with Crippen molar-refractivity contribution in [1.29, 1.82) is 0 Å². The van der Waals surface area contributed by atoms with Gasteiger partial charge < -0.3 is 15.2 Å². The second-order valence-electron chi connectivity index (χ2n) is 6.98. The summed E-state index contributed by atoms with van der Waals surface area (Å²) in [5.74, 6) is -1.13.